The van der Waals surface area contributed by atoms with Crippen molar-refractivity contribution in [2.24, 2.45) is 10.7 Å². The Kier molecular flexibility index (Phi) is 8.00. The van der Waals surface area contributed by atoms with E-state index in [2.05, 4.69) is 58.9 Å². The molecule has 2 atom stereocenters. The van der Waals surface area contributed by atoms with E-state index >= 15 is 0 Å². The molecule has 1 aliphatic carbocycles. The fraction of sp³-hybridized carbons (Fsp3) is 0.481. The van der Waals surface area contributed by atoms with Gasteiger partial charge in [0.25, 0.3) is 0 Å². The molecule has 0 aromatic heterocycles. The van der Waals surface area contributed by atoms with Crippen LogP contribution in [-0.4, -0.2) is 48.5 Å². The monoisotopic (exact) mass is 447 g/mol. The van der Waals surface area contributed by atoms with Gasteiger partial charge in [0, 0.05) is 43.7 Å². The molecule has 1 unspecified atom stereocenters. The summed E-state index contributed by atoms with van der Waals surface area (Å²) in [6, 6.07) is 19.3. The summed E-state index contributed by atoms with van der Waals surface area (Å²) in [4.78, 5) is 19.3. The fourth-order valence-corrected chi connectivity index (χ4v) is 4.94. The van der Waals surface area contributed by atoms with E-state index in [0.29, 0.717) is 18.5 Å². The number of nitrogens with one attached hydrogen (secondary N) is 2. The molecule has 33 heavy (non-hydrogen) atoms. The molecule has 0 bridgehead atoms. The number of primary amides is 1. The predicted molar refractivity (Wildman–Crippen MR) is 136 cm³/mol. The Balaban J connectivity index is 1.54. The maximum absolute atomic E-state index is 11.7. The van der Waals surface area contributed by atoms with Gasteiger partial charge >= 0.3 is 0 Å². The van der Waals surface area contributed by atoms with E-state index in [9.17, 15) is 4.79 Å². The Morgan fingerprint density at radius 1 is 1.09 bits per heavy atom. The van der Waals surface area contributed by atoms with E-state index in [4.69, 9.17) is 10.7 Å². The van der Waals surface area contributed by atoms with Crippen molar-refractivity contribution >= 4 is 17.6 Å². The molecular formula is C27H37N5O. The molecule has 2 aliphatic rings. The Bertz CT molecular complexity index is 921. The fourth-order valence-electron chi connectivity index (χ4n) is 4.94. The van der Waals surface area contributed by atoms with Crippen LogP contribution in [0, 0.1) is 0 Å². The van der Waals surface area contributed by atoms with Crippen LogP contribution < -0.4 is 16.4 Å². The summed E-state index contributed by atoms with van der Waals surface area (Å²) in [6.45, 7) is 5.10. The SMILES string of the molecule is C[C@H]1CN(C(=NC2CCCCC2)Nc2ccc(C(CC(N)=O)c3ccccc3)cc2)CCN1. The summed E-state index contributed by atoms with van der Waals surface area (Å²) in [6.07, 6.45) is 6.53. The highest BCUT2D eigenvalue weighted by atomic mass is 16.1. The number of rotatable bonds is 6. The van der Waals surface area contributed by atoms with Gasteiger partial charge in [-0.05, 0) is 43.0 Å². The molecule has 1 heterocycles. The van der Waals surface area contributed by atoms with E-state index in [1.165, 1.54) is 32.1 Å². The number of amides is 1. The largest absolute Gasteiger partial charge is 0.370 e. The molecule has 6 nitrogen and oxygen atoms in total. The Morgan fingerprint density at radius 2 is 1.79 bits per heavy atom. The quantitative estimate of drug-likeness (QED) is 0.460. The number of piperazine rings is 1. The van der Waals surface area contributed by atoms with E-state index in [1.807, 2.05) is 18.2 Å². The first-order valence-corrected chi connectivity index (χ1v) is 12.3. The van der Waals surface area contributed by atoms with Gasteiger partial charge in [0.05, 0.1) is 6.04 Å². The molecule has 1 saturated heterocycles. The predicted octanol–water partition coefficient (Wildman–Crippen LogP) is 4.09. The molecule has 2 aromatic carbocycles. The standard InChI is InChI=1S/C27H37N5O/c1-20-19-32(17-16-29-20)27(30-23-10-6-3-7-11-23)31-24-14-12-22(13-15-24)25(18-26(28)33)21-8-4-2-5-9-21/h2,4-5,8-9,12-15,20,23,25,29H,3,6-7,10-11,16-19H2,1H3,(H2,28,33)(H,30,31)/t20-,25?/m0/s1. The van der Waals surface area contributed by atoms with Gasteiger partial charge in [-0.3, -0.25) is 4.79 Å². The van der Waals surface area contributed by atoms with Crippen LogP contribution in [0.25, 0.3) is 0 Å². The van der Waals surface area contributed by atoms with Crippen LogP contribution in [0.3, 0.4) is 0 Å². The Labute approximate surface area is 197 Å². The number of nitrogens with two attached hydrogens (primary N) is 1. The van der Waals surface area contributed by atoms with Crippen LogP contribution in [0.4, 0.5) is 5.69 Å². The lowest BCUT2D eigenvalue weighted by molar-refractivity contribution is -0.118. The number of hydrogen-bond acceptors (Lipinski definition) is 3. The average Bonchev–Trinajstić information content (AvgIpc) is 2.84. The van der Waals surface area contributed by atoms with Gasteiger partial charge in [0.15, 0.2) is 5.96 Å². The normalized spacial score (nSPS) is 20.9. The zero-order valence-electron chi connectivity index (χ0n) is 19.7. The van der Waals surface area contributed by atoms with Crippen molar-refractivity contribution in [2.75, 3.05) is 25.0 Å². The summed E-state index contributed by atoms with van der Waals surface area (Å²) in [5.41, 5.74) is 8.78. The highest BCUT2D eigenvalue weighted by molar-refractivity contribution is 5.94. The molecule has 2 aromatic rings. The zero-order chi connectivity index (χ0) is 23.0. The number of benzene rings is 2. The number of nitrogens with zero attached hydrogens (tertiary/aromatic N) is 2. The first-order valence-electron chi connectivity index (χ1n) is 12.3. The lowest BCUT2D eigenvalue weighted by atomic mass is 9.88. The van der Waals surface area contributed by atoms with Crippen molar-refractivity contribution in [1.82, 2.24) is 10.2 Å². The second-order valence-electron chi connectivity index (χ2n) is 9.43. The van der Waals surface area contributed by atoms with Crippen molar-refractivity contribution < 1.29 is 4.79 Å². The Hall–Kier alpha value is -2.86. The molecule has 4 N–H and O–H groups in total. The van der Waals surface area contributed by atoms with Crippen molar-refractivity contribution in [3.05, 3.63) is 65.7 Å². The van der Waals surface area contributed by atoms with Gasteiger partial charge in [0.2, 0.25) is 5.91 Å². The number of guanidine groups is 1. The van der Waals surface area contributed by atoms with Gasteiger partial charge in [0.1, 0.15) is 0 Å². The summed E-state index contributed by atoms with van der Waals surface area (Å²) in [5.74, 6) is 0.655. The van der Waals surface area contributed by atoms with Crippen LogP contribution in [0.15, 0.2) is 59.6 Å². The molecule has 0 spiro atoms. The lowest BCUT2D eigenvalue weighted by Crippen LogP contribution is -2.53. The minimum absolute atomic E-state index is 0.0397. The second kappa shape index (κ2) is 11.3. The highest BCUT2D eigenvalue weighted by Gasteiger charge is 2.22. The van der Waals surface area contributed by atoms with E-state index in [1.54, 1.807) is 0 Å². The topological polar surface area (TPSA) is 82.8 Å². The third kappa shape index (κ3) is 6.57. The molecule has 1 saturated carbocycles. The minimum atomic E-state index is -0.291. The van der Waals surface area contributed by atoms with E-state index in [-0.39, 0.29) is 11.8 Å². The summed E-state index contributed by atoms with van der Waals surface area (Å²) >= 11 is 0. The van der Waals surface area contributed by atoms with Crippen LogP contribution in [0.5, 0.6) is 0 Å². The van der Waals surface area contributed by atoms with Gasteiger partial charge in [-0.25, -0.2) is 4.99 Å². The highest BCUT2D eigenvalue weighted by Crippen LogP contribution is 2.29. The molecule has 4 rings (SSSR count). The number of carbonyl (C=O) groups is 1. The number of carbonyl (C=O) groups excluding carboxylic acids is 1. The van der Waals surface area contributed by atoms with Crippen LogP contribution >= 0.6 is 0 Å². The summed E-state index contributed by atoms with van der Waals surface area (Å²) in [5, 5.41) is 7.14. The average molecular weight is 448 g/mol. The third-order valence-corrected chi connectivity index (χ3v) is 6.72. The van der Waals surface area contributed by atoms with Crippen LogP contribution in [-0.2, 0) is 4.79 Å². The van der Waals surface area contributed by atoms with Crippen molar-refractivity contribution in [2.45, 2.75) is 63.5 Å². The maximum Gasteiger partial charge on any atom is 0.218 e. The summed E-state index contributed by atoms with van der Waals surface area (Å²) in [7, 11) is 0. The smallest absolute Gasteiger partial charge is 0.218 e. The van der Waals surface area contributed by atoms with Crippen LogP contribution in [0.1, 0.15) is 62.5 Å². The van der Waals surface area contributed by atoms with E-state index in [0.717, 1.165) is 42.4 Å². The zero-order valence-corrected chi connectivity index (χ0v) is 19.7. The first-order chi connectivity index (χ1) is 16.1. The Morgan fingerprint density at radius 3 is 2.45 bits per heavy atom. The number of hydrogen-bond donors (Lipinski definition) is 3. The van der Waals surface area contributed by atoms with Gasteiger partial charge < -0.3 is 21.3 Å². The van der Waals surface area contributed by atoms with Crippen molar-refractivity contribution in [3.8, 4) is 0 Å². The molecule has 1 aliphatic heterocycles. The maximum atomic E-state index is 11.7. The minimum Gasteiger partial charge on any atom is -0.370 e. The molecule has 6 heteroatoms. The van der Waals surface area contributed by atoms with Gasteiger partial charge in [-0.2, -0.15) is 0 Å². The molecule has 0 radical (unpaired) electrons. The molecule has 2 fully saturated rings. The van der Waals surface area contributed by atoms with Gasteiger partial charge in [-0.1, -0.05) is 61.7 Å². The summed E-state index contributed by atoms with van der Waals surface area (Å²) < 4.78 is 0. The molecular weight excluding hydrogens is 410 g/mol. The third-order valence-electron chi connectivity index (χ3n) is 6.72. The van der Waals surface area contributed by atoms with Crippen LogP contribution in [0.2, 0.25) is 0 Å². The lowest BCUT2D eigenvalue weighted by Gasteiger charge is -2.35. The van der Waals surface area contributed by atoms with Crippen molar-refractivity contribution in [3.63, 3.8) is 0 Å². The molecule has 176 valence electrons. The molecule has 1 amide bonds. The second-order valence-corrected chi connectivity index (χ2v) is 9.43. The number of aliphatic imine (C=N–C) groups is 1. The van der Waals surface area contributed by atoms with Crippen molar-refractivity contribution in [1.29, 1.82) is 0 Å². The first kappa shape index (κ1) is 23.3. The van der Waals surface area contributed by atoms with Gasteiger partial charge in [-0.15, -0.1) is 0 Å². The van der Waals surface area contributed by atoms with E-state index < -0.39 is 0 Å². The number of anilines is 1.